The number of hydrogen-bond acceptors (Lipinski definition) is 4. The summed E-state index contributed by atoms with van der Waals surface area (Å²) in [5.41, 5.74) is 1.49. The van der Waals surface area contributed by atoms with Gasteiger partial charge in [-0.15, -0.1) is 0 Å². The summed E-state index contributed by atoms with van der Waals surface area (Å²) < 4.78 is 49.8. The van der Waals surface area contributed by atoms with Gasteiger partial charge in [0.05, 0.1) is 18.2 Å². The molecule has 0 radical (unpaired) electrons. The van der Waals surface area contributed by atoms with Crippen molar-refractivity contribution in [2.75, 3.05) is 29.9 Å². The minimum Gasteiger partial charge on any atom is -0.269 e. The van der Waals surface area contributed by atoms with Crippen LogP contribution < -0.4 is 9.03 Å². The Morgan fingerprint density at radius 1 is 1.10 bits per heavy atom. The molecule has 6 nitrogen and oxygen atoms in total. The Bertz CT molecular complexity index is 682. The van der Waals surface area contributed by atoms with Crippen molar-refractivity contribution >= 4 is 25.7 Å². The second kappa shape index (κ2) is 6.76. The molecule has 1 aromatic rings. The lowest BCUT2D eigenvalue weighted by molar-refractivity contribution is 0.583. The van der Waals surface area contributed by atoms with Crippen LogP contribution in [0.5, 0.6) is 0 Å². The van der Waals surface area contributed by atoms with Gasteiger partial charge in [-0.05, 0) is 17.5 Å². The lowest BCUT2D eigenvalue weighted by Crippen LogP contribution is -2.38. The summed E-state index contributed by atoms with van der Waals surface area (Å²) in [6.45, 7) is 4.04. The fourth-order valence-electron chi connectivity index (χ4n) is 2.00. The summed E-state index contributed by atoms with van der Waals surface area (Å²) in [6.07, 6.45) is 2.16. The summed E-state index contributed by atoms with van der Waals surface area (Å²) in [7, 11) is -6.84. The lowest BCUT2D eigenvalue weighted by atomic mass is 10.0. The second-order valence-electron chi connectivity index (χ2n) is 5.22. The number of sulfonamides is 2. The van der Waals surface area contributed by atoms with Gasteiger partial charge in [0, 0.05) is 13.1 Å². The zero-order chi connectivity index (χ0) is 16.3. The van der Waals surface area contributed by atoms with Gasteiger partial charge in [0.15, 0.2) is 0 Å². The van der Waals surface area contributed by atoms with Crippen LogP contribution >= 0.6 is 0 Å². The molecule has 0 heterocycles. The number of nitrogens with one attached hydrogen (secondary N) is 1. The zero-order valence-electron chi connectivity index (χ0n) is 12.7. The second-order valence-corrected chi connectivity index (χ2v) is 8.95. The third-order valence-corrected chi connectivity index (χ3v) is 4.82. The molecule has 21 heavy (non-hydrogen) atoms. The van der Waals surface area contributed by atoms with Crippen LogP contribution in [0.25, 0.3) is 0 Å². The van der Waals surface area contributed by atoms with Crippen molar-refractivity contribution in [3.63, 3.8) is 0 Å². The standard InChI is InChI=1S/C13H22N2O4S2/c1-11(2)12-7-5-6-8-13(12)15(21(4,18)19)10-9-14-20(3,16)17/h5-8,11,14H,9-10H2,1-4H3. The van der Waals surface area contributed by atoms with Gasteiger partial charge in [0.25, 0.3) is 0 Å². The Labute approximate surface area is 127 Å². The van der Waals surface area contributed by atoms with Crippen molar-refractivity contribution in [1.29, 1.82) is 0 Å². The highest BCUT2D eigenvalue weighted by Crippen LogP contribution is 2.28. The first-order valence-corrected chi connectivity index (χ1v) is 10.3. The molecule has 0 aliphatic rings. The molecule has 0 unspecified atom stereocenters. The van der Waals surface area contributed by atoms with Gasteiger partial charge < -0.3 is 0 Å². The Morgan fingerprint density at radius 3 is 2.14 bits per heavy atom. The fourth-order valence-corrected chi connectivity index (χ4v) is 3.41. The SMILES string of the molecule is CC(C)c1ccccc1N(CCNS(C)(=O)=O)S(C)(=O)=O. The van der Waals surface area contributed by atoms with Crippen LogP contribution in [0.4, 0.5) is 5.69 Å². The average molecular weight is 334 g/mol. The van der Waals surface area contributed by atoms with E-state index in [0.29, 0.717) is 5.69 Å². The molecule has 0 atom stereocenters. The maximum absolute atomic E-state index is 12.0. The predicted octanol–water partition coefficient (Wildman–Crippen LogP) is 1.13. The molecular formula is C13H22N2O4S2. The first-order valence-electron chi connectivity index (χ1n) is 6.53. The van der Waals surface area contributed by atoms with E-state index in [9.17, 15) is 16.8 Å². The molecule has 0 amide bonds. The Kier molecular flexibility index (Phi) is 5.77. The van der Waals surface area contributed by atoms with Crippen molar-refractivity contribution in [3.05, 3.63) is 29.8 Å². The highest BCUT2D eigenvalue weighted by atomic mass is 32.2. The largest absolute Gasteiger partial charge is 0.269 e. The number of anilines is 1. The maximum Gasteiger partial charge on any atom is 0.232 e. The van der Waals surface area contributed by atoms with E-state index in [2.05, 4.69) is 4.72 Å². The van der Waals surface area contributed by atoms with Crippen LogP contribution in [0.2, 0.25) is 0 Å². The number of benzene rings is 1. The molecular weight excluding hydrogens is 312 g/mol. The average Bonchev–Trinajstić information content (AvgIpc) is 2.32. The normalized spacial score (nSPS) is 12.6. The minimum atomic E-state index is -3.49. The van der Waals surface area contributed by atoms with Gasteiger partial charge in [0.1, 0.15) is 0 Å². The fraction of sp³-hybridized carbons (Fsp3) is 0.538. The molecule has 0 saturated carbocycles. The van der Waals surface area contributed by atoms with Gasteiger partial charge in [-0.3, -0.25) is 4.31 Å². The first kappa shape index (κ1) is 17.9. The summed E-state index contributed by atoms with van der Waals surface area (Å²) in [5, 5.41) is 0. The zero-order valence-corrected chi connectivity index (χ0v) is 14.3. The smallest absolute Gasteiger partial charge is 0.232 e. The molecule has 0 aliphatic heterocycles. The molecule has 0 fully saturated rings. The topological polar surface area (TPSA) is 83.6 Å². The molecule has 1 rings (SSSR count). The molecule has 0 aromatic heterocycles. The van der Waals surface area contributed by atoms with Crippen molar-refractivity contribution < 1.29 is 16.8 Å². The van der Waals surface area contributed by atoms with E-state index < -0.39 is 20.0 Å². The third-order valence-electron chi connectivity index (χ3n) is 2.91. The van der Waals surface area contributed by atoms with E-state index in [1.165, 1.54) is 4.31 Å². The summed E-state index contributed by atoms with van der Waals surface area (Å²) in [4.78, 5) is 0. The third kappa shape index (κ3) is 5.64. The predicted molar refractivity (Wildman–Crippen MR) is 85.6 cm³/mol. The van der Waals surface area contributed by atoms with Crippen molar-refractivity contribution in [2.45, 2.75) is 19.8 Å². The number of hydrogen-bond donors (Lipinski definition) is 1. The van der Waals surface area contributed by atoms with E-state index >= 15 is 0 Å². The van der Waals surface area contributed by atoms with Gasteiger partial charge in [0.2, 0.25) is 20.0 Å². The van der Waals surface area contributed by atoms with Gasteiger partial charge in [-0.2, -0.15) is 0 Å². The summed E-state index contributed by atoms with van der Waals surface area (Å²) in [6, 6.07) is 7.23. The molecule has 8 heteroatoms. The lowest BCUT2D eigenvalue weighted by Gasteiger charge is -2.26. The number of rotatable bonds is 7. The van der Waals surface area contributed by atoms with Gasteiger partial charge >= 0.3 is 0 Å². The monoisotopic (exact) mass is 334 g/mol. The van der Waals surface area contributed by atoms with E-state index in [4.69, 9.17) is 0 Å². The van der Waals surface area contributed by atoms with Crippen LogP contribution in [0.3, 0.4) is 0 Å². The van der Waals surface area contributed by atoms with Gasteiger partial charge in [-0.25, -0.2) is 21.6 Å². The molecule has 0 spiro atoms. The summed E-state index contributed by atoms with van der Waals surface area (Å²) in [5.74, 6) is 0.160. The van der Waals surface area contributed by atoms with Crippen LogP contribution in [-0.2, 0) is 20.0 Å². The van der Waals surface area contributed by atoms with E-state index in [1.54, 1.807) is 12.1 Å². The molecule has 0 saturated heterocycles. The van der Waals surface area contributed by atoms with E-state index in [1.807, 2.05) is 26.0 Å². The van der Waals surface area contributed by atoms with Crippen LogP contribution in [0.1, 0.15) is 25.3 Å². The molecule has 0 bridgehead atoms. The van der Waals surface area contributed by atoms with Gasteiger partial charge in [-0.1, -0.05) is 32.0 Å². The maximum atomic E-state index is 12.0. The molecule has 0 aliphatic carbocycles. The summed E-state index contributed by atoms with van der Waals surface area (Å²) >= 11 is 0. The number of para-hydroxylation sites is 1. The van der Waals surface area contributed by atoms with E-state index in [0.717, 1.165) is 18.1 Å². The van der Waals surface area contributed by atoms with Crippen LogP contribution in [-0.4, -0.2) is 42.4 Å². The highest BCUT2D eigenvalue weighted by Gasteiger charge is 2.21. The Hall–Kier alpha value is -1.12. The van der Waals surface area contributed by atoms with Crippen molar-refractivity contribution in [2.24, 2.45) is 0 Å². The molecule has 120 valence electrons. The van der Waals surface area contributed by atoms with E-state index in [-0.39, 0.29) is 19.0 Å². The Morgan fingerprint density at radius 2 is 1.67 bits per heavy atom. The van der Waals surface area contributed by atoms with Crippen LogP contribution in [0, 0.1) is 0 Å². The first-order chi connectivity index (χ1) is 9.52. The number of nitrogens with zero attached hydrogens (tertiary/aromatic N) is 1. The molecule has 1 N–H and O–H groups in total. The van der Waals surface area contributed by atoms with Crippen molar-refractivity contribution in [3.8, 4) is 0 Å². The van der Waals surface area contributed by atoms with Crippen molar-refractivity contribution in [1.82, 2.24) is 4.72 Å². The quantitative estimate of drug-likeness (QED) is 0.810. The van der Waals surface area contributed by atoms with Crippen LogP contribution in [0.15, 0.2) is 24.3 Å². The Balaban J connectivity index is 3.11. The molecule has 1 aromatic carbocycles. The highest BCUT2D eigenvalue weighted by molar-refractivity contribution is 7.92. The minimum absolute atomic E-state index is 0.0261.